The Bertz CT molecular complexity index is 983. The van der Waals surface area contributed by atoms with Crippen molar-refractivity contribution in [3.05, 3.63) is 39.8 Å². The smallest absolute Gasteiger partial charge is 0.381 e. The Morgan fingerprint density at radius 1 is 1.27 bits per heavy atom. The number of ether oxygens (including phenoxy) is 1. The number of rotatable bonds is 5. The van der Waals surface area contributed by atoms with E-state index < -0.39 is 17.3 Å². The van der Waals surface area contributed by atoms with E-state index in [9.17, 15) is 22.8 Å². The van der Waals surface area contributed by atoms with Gasteiger partial charge in [0.05, 0.1) is 22.7 Å². The first-order valence-corrected chi connectivity index (χ1v) is 10.0. The quantitative estimate of drug-likeness (QED) is 0.787. The van der Waals surface area contributed by atoms with Gasteiger partial charge in [0, 0.05) is 20.0 Å². The summed E-state index contributed by atoms with van der Waals surface area (Å²) in [7, 11) is 1.67. The van der Waals surface area contributed by atoms with Crippen molar-refractivity contribution in [2.75, 3.05) is 7.11 Å². The van der Waals surface area contributed by atoms with Crippen LogP contribution in [0, 0.1) is 0 Å². The number of fused-ring (bicyclic) bond motifs is 1. The first-order chi connectivity index (χ1) is 14.1. The van der Waals surface area contributed by atoms with Crippen LogP contribution in [-0.2, 0) is 22.3 Å². The van der Waals surface area contributed by atoms with E-state index in [0.29, 0.717) is 5.69 Å². The molecule has 0 saturated heterocycles. The van der Waals surface area contributed by atoms with E-state index >= 15 is 0 Å². The number of nitrogens with one attached hydrogen (secondary N) is 1. The summed E-state index contributed by atoms with van der Waals surface area (Å²) in [6.07, 6.45) is -1.01. The van der Waals surface area contributed by atoms with Crippen molar-refractivity contribution in [1.29, 1.82) is 0 Å². The number of aromatic nitrogens is 2. The Morgan fingerprint density at radius 3 is 2.50 bits per heavy atom. The van der Waals surface area contributed by atoms with Crippen LogP contribution < -0.4 is 10.9 Å². The lowest BCUT2D eigenvalue weighted by Gasteiger charge is -2.28. The third-order valence-corrected chi connectivity index (χ3v) is 5.53. The summed E-state index contributed by atoms with van der Waals surface area (Å²) in [6, 6.07) is 3.01. The number of halogens is 3. The van der Waals surface area contributed by atoms with Crippen LogP contribution in [0.3, 0.4) is 0 Å². The van der Waals surface area contributed by atoms with E-state index in [1.165, 1.54) is 0 Å². The standard InChI is InChI=1S/C21H26F3N3O3.H2/c1-12(2)19-17-10-13(21(22,23)24)4-9-16(17)20(29)27(26-19)11-18(28)25-14-5-7-15(30-3)8-6-14;/h4,9-10,12,14-15H,5-8,11H2,1-3H3,(H,25,28);1H. The van der Waals surface area contributed by atoms with E-state index in [4.69, 9.17) is 4.74 Å². The number of carbonyl (C=O) groups is 1. The summed E-state index contributed by atoms with van der Waals surface area (Å²) in [5, 5.41) is 7.45. The molecule has 166 valence electrons. The second-order valence-corrected chi connectivity index (χ2v) is 8.04. The zero-order valence-electron chi connectivity index (χ0n) is 17.3. The van der Waals surface area contributed by atoms with E-state index in [1.54, 1.807) is 21.0 Å². The van der Waals surface area contributed by atoms with Crippen molar-refractivity contribution in [3.63, 3.8) is 0 Å². The molecule has 3 rings (SSSR count). The molecule has 0 spiro atoms. The van der Waals surface area contributed by atoms with Crippen LogP contribution in [0.5, 0.6) is 0 Å². The van der Waals surface area contributed by atoms with Crippen molar-refractivity contribution in [2.24, 2.45) is 0 Å². The Balaban J connectivity index is 0.00000341. The van der Waals surface area contributed by atoms with Crippen LogP contribution in [0.2, 0.25) is 0 Å². The molecule has 0 aliphatic heterocycles. The molecular weight excluding hydrogens is 399 g/mol. The minimum Gasteiger partial charge on any atom is -0.381 e. The van der Waals surface area contributed by atoms with E-state index in [0.717, 1.165) is 48.6 Å². The van der Waals surface area contributed by atoms with Gasteiger partial charge in [-0.1, -0.05) is 13.8 Å². The SMILES string of the molecule is COC1CCC(NC(=O)Cn2nc(C(C)C)c3cc(C(F)(F)F)ccc3c2=O)CC1.[HH]. The summed E-state index contributed by atoms with van der Waals surface area (Å²) in [5.41, 5.74) is -1.06. The molecule has 1 aromatic heterocycles. The molecule has 2 aromatic rings. The molecule has 6 nitrogen and oxygen atoms in total. The van der Waals surface area contributed by atoms with Crippen molar-refractivity contribution >= 4 is 16.7 Å². The Kier molecular flexibility index (Phi) is 6.50. The summed E-state index contributed by atoms with van der Waals surface area (Å²) < 4.78 is 45.7. The summed E-state index contributed by atoms with van der Waals surface area (Å²) in [4.78, 5) is 25.3. The molecule has 0 unspecified atom stereocenters. The molecule has 1 aliphatic carbocycles. The highest BCUT2D eigenvalue weighted by Crippen LogP contribution is 2.32. The number of hydrogen-bond donors (Lipinski definition) is 1. The van der Waals surface area contributed by atoms with Crippen LogP contribution in [0.25, 0.3) is 10.8 Å². The zero-order chi connectivity index (χ0) is 22.1. The fourth-order valence-corrected chi connectivity index (χ4v) is 3.87. The Morgan fingerprint density at radius 2 is 1.93 bits per heavy atom. The average molecular weight is 427 g/mol. The topological polar surface area (TPSA) is 73.2 Å². The van der Waals surface area contributed by atoms with Crippen molar-refractivity contribution in [3.8, 4) is 0 Å². The fourth-order valence-electron chi connectivity index (χ4n) is 3.87. The lowest BCUT2D eigenvalue weighted by molar-refractivity contribution is -0.137. The number of methoxy groups -OCH3 is 1. The van der Waals surface area contributed by atoms with Gasteiger partial charge in [-0.2, -0.15) is 18.3 Å². The summed E-state index contributed by atoms with van der Waals surface area (Å²) in [6.45, 7) is 3.29. The first-order valence-electron chi connectivity index (χ1n) is 10.0. The maximum absolute atomic E-state index is 13.1. The predicted molar refractivity (Wildman–Crippen MR) is 108 cm³/mol. The monoisotopic (exact) mass is 427 g/mol. The van der Waals surface area contributed by atoms with Crippen LogP contribution in [0.15, 0.2) is 23.0 Å². The van der Waals surface area contributed by atoms with Crippen molar-refractivity contribution in [2.45, 2.75) is 70.3 Å². The zero-order valence-corrected chi connectivity index (χ0v) is 17.3. The highest BCUT2D eigenvalue weighted by Gasteiger charge is 2.31. The molecule has 1 aliphatic rings. The minimum atomic E-state index is -4.51. The summed E-state index contributed by atoms with van der Waals surface area (Å²) >= 11 is 0. The molecule has 0 bridgehead atoms. The number of nitrogens with zero attached hydrogens (tertiary/aromatic N) is 2. The molecular formula is C21H28F3N3O3. The molecule has 30 heavy (non-hydrogen) atoms. The molecule has 1 aromatic carbocycles. The van der Waals surface area contributed by atoms with Crippen molar-refractivity contribution in [1.82, 2.24) is 15.1 Å². The first kappa shape index (κ1) is 22.3. The lowest BCUT2D eigenvalue weighted by atomic mass is 9.93. The Hall–Kier alpha value is -2.42. The lowest BCUT2D eigenvalue weighted by Crippen LogP contribution is -2.42. The van der Waals surface area contributed by atoms with Gasteiger partial charge in [-0.15, -0.1) is 0 Å². The van der Waals surface area contributed by atoms with Gasteiger partial charge in [0.15, 0.2) is 0 Å². The third kappa shape index (κ3) is 4.83. The molecule has 1 N–H and O–H groups in total. The largest absolute Gasteiger partial charge is 0.416 e. The highest BCUT2D eigenvalue weighted by molar-refractivity contribution is 5.85. The van der Waals surface area contributed by atoms with Gasteiger partial charge in [-0.25, -0.2) is 4.68 Å². The van der Waals surface area contributed by atoms with Gasteiger partial charge in [-0.05, 0) is 49.8 Å². The normalized spacial score (nSPS) is 20.0. The van der Waals surface area contributed by atoms with E-state index in [-0.39, 0.29) is 42.7 Å². The van der Waals surface area contributed by atoms with E-state index in [2.05, 4.69) is 10.4 Å². The van der Waals surface area contributed by atoms with E-state index in [1.807, 2.05) is 0 Å². The van der Waals surface area contributed by atoms with Gasteiger partial charge in [-0.3, -0.25) is 9.59 Å². The maximum Gasteiger partial charge on any atom is 0.416 e. The van der Waals surface area contributed by atoms with Gasteiger partial charge in [0.25, 0.3) is 5.56 Å². The number of carbonyl (C=O) groups excluding carboxylic acids is 1. The predicted octanol–water partition coefficient (Wildman–Crippen LogP) is 3.86. The van der Waals surface area contributed by atoms with Gasteiger partial charge in [0.2, 0.25) is 5.91 Å². The fraction of sp³-hybridized carbons (Fsp3) is 0.571. The molecule has 0 radical (unpaired) electrons. The van der Waals surface area contributed by atoms with Gasteiger partial charge < -0.3 is 10.1 Å². The molecule has 0 atom stereocenters. The molecule has 1 amide bonds. The average Bonchev–Trinajstić information content (AvgIpc) is 2.69. The van der Waals surface area contributed by atoms with Gasteiger partial charge >= 0.3 is 6.18 Å². The third-order valence-electron chi connectivity index (χ3n) is 5.53. The van der Waals surface area contributed by atoms with Crippen molar-refractivity contribution < 1.29 is 24.1 Å². The number of alkyl halides is 3. The number of benzene rings is 1. The second-order valence-electron chi connectivity index (χ2n) is 8.04. The Labute approximate surface area is 173 Å². The van der Waals surface area contributed by atoms with Crippen LogP contribution in [0.4, 0.5) is 13.2 Å². The second kappa shape index (κ2) is 8.75. The van der Waals surface area contributed by atoms with Crippen LogP contribution in [0.1, 0.15) is 58.1 Å². The highest BCUT2D eigenvalue weighted by atomic mass is 19.4. The number of amides is 1. The minimum absolute atomic E-state index is 0. The molecule has 1 saturated carbocycles. The van der Waals surface area contributed by atoms with Crippen LogP contribution in [-0.4, -0.2) is 34.9 Å². The molecule has 1 fully saturated rings. The van der Waals surface area contributed by atoms with Gasteiger partial charge in [0.1, 0.15) is 6.54 Å². The maximum atomic E-state index is 13.1. The molecule has 1 heterocycles. The molecule has 9 heteroatoms. The van der Waals surface area contributed by atoms with Crippen LogP contribution >= 0.6 is 0 Å². The number of hydrogen-bond acceptors (Lipinski definition) is 4. The summed E-state index contributed by atoms with van der Waals surface area (Å²) in [5.74, 6) is -0.568.